The van der Waals surface area contributed by atoms with Gasteiger partial charge < -0.3 is 14.7 Å². The SMILES string of the molecule is CN(C)CCN(Cc1ccc(C#N)cc1)C(=O)C1CCN(c2ccc3nncn3n2)CC1. The van der Waals surface area contributed by atoms with Crippen molar-refractivity contribution in [2.75, 3.05) is 45.2 Å². The normalized spacial score (nSPS) is 14.6. The van der Waals surface area contributed by atoms with Crippen LogP contribution in [0.2, 0.25) is 0 Å². The van der Waals surface area contributed by atoms with Crippen molar-refractivity contribution in [1.82, 2.24) is 29.6 Å². The third-order valence-electron chi connectivity index (χ3n) is 5.90. The van der Waals surface area contributed by atoms with Crippen LogP contribution < -0.4 is 4.90 Å². The Bertz CT molecular complexity index is 1090. The van der Waals surface area contributed by atoms with Gasteiger partial charge in [-0.2, -0.15) is 9.78 Å². The molecule has 0 atom stereocenters. The molecule has 1 aliphatic rings. The summed E-state index contributed by atoms with van der Waals surface area (Å²) in [5, 5.41) is 21.5. The molecule has 4 rings (SSSR count). The maximum atomic E-state index is 13.4. The molecule has 0 bridgehead atoms. The van der Waals surface area contributed by atoms with Gasteiger partial charge in [-0.25, -0.2) is 0 Å². The van der Waals surface area contributed by atoms with Gasteiger partial charge in [0.1, 0.15) is 12.1 Å². The number of anilines is 1. The van der Waals surface area contributed by atoms with Gasteiger partial charge in [0.25, 0.3) is 0 Å². The first-order valence-corrected chi connectivity index (χ1v) is 10.9. The number of hydrogen-bond donors (Lipinski definition) is 0. The summed E-state index contributed by atoms with van der Waals surface area (Å²) in [7, 11) is 4.03. The first-order valence-electron chi connectivity index (χ1n) is 10.9. The summed E-state index contributed by atoms with van der Waals surface area (Å²) >= 11 is 0. The molecule has 0 N–H and O–H groups in total. The van der Waals surface area contributed by atoms with Gasteiger partial charge in [0.2, 0.25) is 5.91 Å². The molecular weight excluding hydrogens is 404 g/mol. The van der Waals surface area contributed by atoms with Gasteiger partial charge in [-0.3, -0.25) is 4.79 Å². The highest BCUT2D eigenvalue weighted by Crippen LogP contribution is 2.24. The second-order valence-corrected chi connectivity index (χ2v) is 8.46. The standard InChI is InChI=1S/C23H28N8O/c1-28(2)13-14-30(16-19-5-3-18(15-24)4-6-19)23(32)20-9-11-29(12-10-20)22-8-7-21-26-25-17-31(21)27-22/h3-8,17,20H,9-14,16H2,1-2H3. The number of hydrogen-bond acceptors (Lipinski definition) is 7. The van der Waals surface area contributed by atoms with Crippen LogP contribution in [0, 0.1) is 17.2 Å². The van der Waals surface area contributed by atoms with Crippen molar-refractivity contribution in [2.45, 2.75) is 19.4 Å². The van der Waals surface area contributed by atoms with Crippen LogP contribution in [-0.2, 0) is 11.3 Å². The second-order valence-electron chi connectivity index (χ2n) is 8.46. The Morgan fingerprint density at radius 3 is 2.56 bits per heavy atom. The Balaban J connectivity index is 1.40. The van der Waals surface area contributed by atoms with Crippen LogP contribution in [0.1, 0.15) is 24.0 Å². The van der Waals surface area contributed by atoms with Crippen molar-refractivity contribution >= 4 is 17.4 Å². The van der Waals surface area contributed by atoms with E-state index in [9.17, 15) is 4.79 Å². The van der Waals surface area contributed by atoms with E-state index in [1.807, 2.05) is 55.4 Å². The van der Waals surface area contributed by atoms with E-state index in [2.05, 4.69) is 31.2 Å². The Kier molecular flexibility index (Phi) is 6.61. The zero-order chi connectivity index (χ0) is 22.5. The summed E-state index contributed by atoms with van der Waals surface area (Å²) in [6.45, 7) is 3.62. The van der Waals surface area contributed by atoms with E-state index in [1.54, 1.807) is 10.8 Å². The minimum absolute atomic E-state index is 0.00503. The lowest BCUT2D eigenvalue weighted by Crippen LogP contribution is -2.44. The van der Waals surface area contributed by atoms with E-state index < -0.39 is 0 Å². The van der Waals surface area contributed by atoms with Crippen LogP contribution in [0.15, 0.2) is 42.7 Å². The van der Waals surface area contributed by atoms with Gasteiger partial charge >= 0.3 is 0 Å². The van der Waals surface area contributed by atoms with Gasteiger partial charge in [-0.15, -0.1) is 15.3 Å². The summed E-state index contributed by atoms with van der Waals surface area (Å²) in [6, 6.07) is 13.5. The van der Waals surface area contributed by atoms with E-state index >= 15 is 0 Å². The van der Waals surface area contributed by atoms with E-state index in [0.29, 0.717) is 18.7 Å². The number of aromatic nitrogens is 4. The van der Waals surface area contributed by atoms with Crippen LogP contribution in [0.3, 0.4) is 0 Å². The fourth-order valence-electron chi connectivity index (χ4n) is 3.99. The fraction of sp³-hybridized carbons (Fsp3) is 0.435. The predicted molar refractivity (Wildman–Crippen MR) is 121 cm³/mol. The van der Waals surface area contributed by atoms with Crippen LogP contribution in [0.5, 0.6) is 0 Å². The van der Waals surface area contributed by atoms with Crippen molar-refractivity contribution in [3.8, 4) is 6.07 Å². The molecule has 32 heavy (non-hydrogen) atoms. The number of amides is 1. The number of rotatable bonds is 7. The minimum Gasteiger partial charge on any atom is -0.355 e. The molecule has 1 fully saturated rings. The maximum Gasteiger partial charge on any atom is 0.226 e. The van der Waals surface area contributed by atoms with Crippen LogP contribution >= 0.6 is 0 Å². The average molecular weight is 433 g/mol. The summed E-state index contributed by atoms with van der Waals surface area (Å²) in [5.41, 5.74) is 2.39. The van der Waals surface area contributed by atoms with Gasteiger partial charge in [0, 0.05) is 38.6 Å². The average Bonchev–Trinajstić information content (AvgIpc) is 3.29. The summed E-state index contributed by atoms with van der Waals surface area (Å²) in [5.74, 6) is 1.09. The molecule has 0 aliphatic carbocycles. The number of likely N-dealkylation sites (N-methyl/N-ethyl adjacent to an activating group) is 1. The molecule has 9 nitrogen and oxygen atoms in total. The topological polar surface area (TPSA) is 93.7 Å². The smallest absolute Gasteiger partial charge is 0.226 e. The molecule has 1 aromatic carbocycles. The highest BCUT2D eigenvalue weighted by molar-refractivity contribution is 5.79. The fourth-order valence-corrected chi connectivity index (χ4v) is 3.99. The van der Waals surface area contributed by atoms with Crippen molar-refractivity contribution in [1.29, 1.82) is 5.26 Å². The lowest BCUT2D eigenvalue weighted by molar-refractivity contribution is -0.137. The summed E-state index contributed by atoms with van der Waals surface area (Å²) in [6.07, 6.45) is 3.19. The Hall–Kier alpha value is -3.51. The third-order valence-corrected chi connectivity index (χ3v) is 5.90. The third kappa shape index (κ3) is 5.03. The highest BCUT2D eigenvalue weighted by Gasteiger charge is 2.29. The number of nitrogens with zero attached hydrogens (tertiary/aromatic N) is 8. The largest absolute Gasteiger partial charge is 0.355 e. The van der Waals surface area contributed by atoms with Gasteiger partial charge in [-0.1, -0.05) is 12.1 Å². The Morgan fingerprint density at radius 1 is 1.12 bits per heavy atom. The maximum absolute atomic E-state index is 13.4. The minimum atomic E-state index is 0.00503. The Morgan fingerprint density at radius 2 is 1.88 bits per heavy atom. The van der Waals surface area contributed by atoms with Crippen molar-refractivity contribution in [3.63, 3.8) is 0 Å². The molecule has 166 valence electrons. The number of piperidine rings is 1. The van der Waals surface area contributed by atoms with E-state index in [-0.39, 0.29) is 11.8 Å². The molecule has 1 saturated heterocycles. The monoisotopic (exact) mass is 432 g/mol. The zero-order valence-corrected chi connectivity index (χ0v) is 18.6. The molecule has 0 unspecified atom stereocenters. The lowest BCUT2D eigenvalue weighted by atomic mass is 9.95. The molecule has 1 amide bonds. The quantitative estimate of drug-likeness (QED) is 0.562. The molecule has 3 heterocycles. The first-order chi connectivity index (χ1) is 15.5. The van der Waals surface area contributed by atoms with E-state index in [0.717, 1.165) is 49.5 Å². The zero-order valence-electron chi connectivity index (χ0n) is 18.6. The van der Waals surface area contributed by atoms with Crippen molar-refractivity contribution in [3.05, 3.63) is 53.9 Å². The van der Waals surface area contributed by atoms with E-state index in [4.69, 9.17) is 5.26 Å². The molecule has 0 spiro atoms. The number of carbonyl (C=O) groups excluding carboxylic acids is 1. The number of nitriles is 1. The first kappa shape index (κ1) is 21.7. The van der Waals surface area contributed by atoms with Gasteiger partial charge in [-0.05, 0) is 56.8 Å². The number of fused-ring (bicyclic) bond motifs is 1. The summed E-state index contributed by atoms with van der Waals surface area (Å²) < 4.78 is 1.67. The van der Waals surface area contributed by atoms with Crippen LogP contribution in [-0.4, -0.2) is 75.8 Å². The van der Waals surface area contributed by atoms with Crippen molar-refractivity contribution in [2.24, 2.45) is 5.92 Å². The lowest BCUT2D eigenvalue weighted by Gasteiger charge is -2.35. The summed E-state index contributed by atoms with van der Waals surface area (Å²) in [4.78, 5) is 19.7. The van der Waals surface area contributed by atoms with Gasteiger partial charge in [0.05, 0.1) is 11.6 Å². The van der Waals surface area contributed by atoms with Gasteiger partial charge in [0.15, 0.2) is 5.65 Å². The second kappa shape index (κ2) is 9.75. The van der Waals surface area contributed by atoms with Crippen LogP contribution in [0.4, 0.5) is 5.82 Å². The van der Waals surface area contributed by atoms with E-state index in [1.165, 1.54) is 0 Å². The molecule has 0 radical (unpaired) electrons. The molecule has 2 aromatic heterocycles. The molecular formula is C23H28N8O. The molecule has 3 aromatic rings. The molecule has 0 saturated carbocycles. The van der Waals surface area contributed by atoms with Crippen LogP contribution in [0.25, 0.3) is 5.65 Å². The predicted octanol–water partition coefficient (Wildman–Crippen LogP) is 1.80. The molecule has 1 aliphatic heterocycles. The number of carbonyl (C=O) groups is 1. The van der Waals surface area contributed by atoms with Crippen molar-refractivity contribution < 1.29 is 4.79 Å². The Labute approximate surface area is 187 Å². The molecule has 9 heteroatoms. The number of benzene rings is 1. The highest BCUT2D eigenvalue weighted by atomic mass is 16.2.